The maximum atomic E-state index is 12.5. The van der Waals surface area contributed by atoms with Crippen molar-refractivity contribution in [2.75, 3.05) is 0 Å². The molecule has 1 heterocycles. The molecule has 0 saturated heterocycles. The Morgan fingerprint density at radius 3 is 2.30 bits per heavy atom. The number of ketones is 1. The minimum absolute atomic E-state index is 0.0243. The fourth-order valence-corrected chi connectivity index (χ4v) is 2.65. The van der Waals surface area contributed by atoms with E-state index in [1.807, 2.05) is 51.1 Å². The highest BCUT2D eigenvalue weighted by atomic mass is 16.2. The smallest absolute Gasteiger partial charge is 0.292 e. The minimum atomic E-state index is -0.558. The summed E-state index contributed by atoms with van der Waals surface area (Å²) in [5.74, 6) is -1.08. The lowest BCUT2D eigenvalue weighted by Crippen LogP contribution is -2.39. The average Bonchev–Trinajstić information content (AvgIpc) is 2.87. The van der Waals surface area contributed by atoms with E-state index in [0.717, 1.165) is 18.5 Å². The molecule has 122 valence electrons. The number of benzene rings is 1. The lowest BCUT2D eigenvalue weighted by atomic mass is 10.1. The lowest BCUT2D eigenvalue weighted by molar-refractivity contribution is -0.117. The maximum Gasteiger partial charge on any atom is 0.292 e. The molecule has 0 spiro atoms. The summed E-state index contributed by atoms with van der Waals surface area (Å²) in [6.07, 6.45) is 1.60. The molecule has 23 heavy (non-hydrogen) atoms. The SMILES string of the molecule is CCC(CC)NC(=O)C(=O)c1c(C)nn(-c2ccccc2)c1C. The standard InChI is InChI=1S/C18H23N3O2/c1-5-14(6-2)19-18(23)17(22)16-12(3)20-21(13(16)4)15-10-8-7-9-11-15/h7-11,14H,5-6H2,1-4H3,(H,19,23). The summed E-state index contributed by atoms with van der Waals surface area (Å²) >= 11 is 0. The molecule has 0 aliphatic rings. The third-order valence-corrected chi connectivity index (χ3v) is 4.05. The van der Waals surface area contributed by atoms with Crippen LogP contribution in [0.5, 0.6) is 0 Å². The molecular formula is C18H23N3O2. The molecule has 1 aromatic carbocycles. The Labute approximate surface area is 136 Å². The molecule has 0 bridgehead atoms. The summed E-state index contributed by atoms with van der Waals surface area (Å²) in [4.78, 5) is 24.8. The normalized spacial score (nSPS) is 10.8. The second-order valence-corrected chi connectivity index (χ2v) is 5.61. The number of nitrogens with one attached hydrogen (secondary N) is 1. The number of amides is 1. The molecule has 0 atom stereocenters. The van der Waals surface area contributed by atoms with Crippen LogP contribution in [0.25, 0.3) is 5.69 Å². The topological polar surface area (TPSA) is 64.0 Å². The van der Waals surface area contributed by atoms with Gasteiger partial charge >= 0.3 is 0 Å². The van der Waals surface area contributed by atoms with Crippen molar-refractivity contribution >= 4 is 11.7 Å². The van der Waals surface area contributed by atoms with Crippen LogP contribution in [0.1, 0.15) is 48.4 Å². The zero-order valence-corrected chi connectivity index (χ0v) is 14.1. The molecule has 1 N–H and O–H groups in total. The Hall–Kier alpha value is -2.43. The van der Waals surface area contributed by atoms with Crippen LogP contribution in [-0.2, 0) is 4.79 Å². The predicted molar refractivity (Wildman–Crippen MR) is 89.9 cm³/mol. The Bertz CT molecular complexity index is 701. The Kier molecular flexibility index (Phi) is 5.32. The molecule has 1 aromatic heterocycles. The van der Waals surface area contributed by atoms with Crippen molar-refractivity contribution in [3.05, 3.63) is 47.3 Å². The summed E-state index contributed by atoms with van der Waals surface area (Å²) in [6.45, 7) is 7.54. The van der Waals surface area contributed by atoms with Crippen molar-refractivity contribution in [2.45, 2.75) is 46.6 Å². The van der Waals surface area contributed by atoms with Gasteiger partial charge in [0, 0.05) is 6.04 Å². The Balaban J connectivity index is 2.32. The number of aryl methyl sites for hydroxylation is 1. The molecule has 0 radical (unpaired) electrons. The van der Waals surface area contributed by atoms with E-state index < -0.39 is 11.7 Å². The van der Waals surface area contributed by atoms with Gasteiger partial charge in [0.2, 0.25) is 0 Å². The van der Waals surface area contributed by atoms with E-state index in [4.69, 9.17) is 0 Å². The lowest BCUT2D eigenvalue weighted by Gasteiger charge is -2.14. The number of carbonyl (C=O) groups excluding carboxylic acids is 2. The fourth-order valence-electron chi connectivity index (χ4n) is 2.65. The second kappa shape index (κ2) is 7.22. The first kappa shape index (κ1) is 16.9. The Morgan fingerprint density at radius 2 is 1.74 bits per heavy atom. The third-order valence-electron chi connectivity index (χ3n) is 4.05. The molecule has 2 aromatic rings. The average molecular weight is 313 g/mol. The molecule has 0 unspecified atom stereocenters. The van der Waals surface area contributed by atoms with Gasteiger partial charge in [0.15, 0.2) is 0 Å². The van der Waals surface area contributed by atoms with Crippen LogP contribution in [0, 0.1) is 13.8 Å². The van der Waals surface area contributed by atoms with Crippen molar-refractivity contribution < 1.29 is 9.59 Å². The van der Waals surface area contributed by atoms with E-state index in [2.05, 4.69) is 10.4 Å². The van der Waals surface area contributed by atoms with Crippen molar-refractivity contribution in [3.8, 4) is 5.69 Å². The van der Waals surface area contributed by atoms with Gasteiger partial charge in [-0.15, -0.1) is 0 Å². The highest BCUT2D eigenvalue weighted by Crippen LogP contribution is 2.18. The van der Waals surface area contributed by atoms with Gasteiger partial charge in [0.1, 0.15) is 0 Å². The van der Waals surface area contributed by atoms with E-state index in [9.17, 15) is 9.59 Å². The quantitative estimate of drug-likeness (QED) is 0.658. The highest BCUT2D eigenvalue weighted by molar-refractivity contribution is 6.43. The van der Waals surface area contributed by atoms with Crippen LogP contribution in [0.4, 0.5) is 0 Å². The van der Waals surface area contributed by atoms with Gasteiger partial charge in [0.25, 0.3) is 11.7 Å². The van der Waals surface area contributed by atoms with Gasteiger partial charge in [-0.1, -0.05) is 32.0 Å². The van der Waals surface area contributed by atoms with Crippen LogP contribution >= 0.6 is 0 Å². The number of para-hydroxylation sites is 1. The van der Waals surface area contributed by atoms with Crippen molar-refractivity contribution in [1.82, 2.24) is 15.1 Å². The Morgan fingerprint density at radius 1 is 1.13 bits per heavy atom. The van der Waals surface area contributed by atoms with Crippen LogP contribution < -0.4 is 5.32 Å². The predicted octanol–water partition coefficient (Wildman–Crippen LogP) is 2.98. The molecular weight excluding hydrogens is 290 g/mol. The summed E-state index contributed by atoms with van der Waals surface area (Å²) in [5, 5.41) is 7.21. The van der Waals surface area contributed by atoms with Gasteiger partial charge in [-0.05, 0) is 38.8 Å². The van der Waals surface area contributed by atoms with E-state index >= 15 is 0 Å². The summed E-state index contributed by atoms with van der Waals surface area (Å²) < 4.78 is 1.70. The summed E-state index contributed by atoms with van der Waals surface area (Å²) in [5.41, 5.74) is 2.50. The molecule has 0 aliphatic carbocycles. The van der Waals surface area contributed by atoms with E-state index in [0.29, 0.717) is 17.0 Å². The zero-order valence-electron chi connectivity index (χ0n) is 14.1. The largest absolute Gasteiger partial charge is 0.346 e. The zero-order chi connectivity index (χ0) is 17.0. The van der Waals surface area contributed by atoms with E-state index in [1.54, 1.807) is 11.6 Å². The van der Waals surface area contributed by atoms with Crippen molar-refractivity contribution in [3.63, 3.8) is 0 Å². The third kappa shape index (κ3) is 3.50. The van der Waals surface area contributed by atoms with Gasteiger partial charge in [-0.3, -0.25) is 9.59 Å². The first-order chi connectivity index (χ1) is 11.0. The number of Topliss-reactive ketones (excluding diaryl/α,β-unsaturated/α-hetero) is 1. The maximum absolute atomic E-state index is 12.5. The van der Waals surface area contributed by atoms with Crippen molar-refractivity contribution in [2.24, 2.45) is 0 Å². The summed E-state index contributed by atoms with van der Waals surface area (Å²) in [6, 6.07) is 9.59. The number of aromatic nitrogens is 2. The van der Waals surface area contributed by atoms with Crippen molar-refractivity contribution in [1.29, 1.82) is 0 Å². The first-order valence-corrected chi connectivity index (χ1v) is 7.96. The molecule has 0 fully saturated rings. The first-order valence-electron chi connectivity index (χ1n) is 7.96. The van der Waals surface area contributed by atoms with Gasteiger partial charge in [-0.25, -0.2) is 4.68 Å². The fraction of sp³-hybridized carbons (Fsp3) is 0.389. The monoisotopic (exact) mass is 313 g/mol. The van der Waals surface area contributed by atoms with E-state index in [-0.39, 0.29) is 6.04 Å². The molecule has 0 saturated carbocycles. The number of rotatable bonds is 6. The molecule has 5 nitrogen and oxygen atoms in total. The van der Waals surface area contributed by atoms with Gasteiger partial charge in [-0.2, -0.15) is 5.10 Å². The molecule has 0 aliphatic heterocycles. The number of hydrogen-bond donors (Lipinski definition) is 1. The van der Waals surface area contributed by atoms with Crippen LogP contribution in [0.15, 0.2) is 30.3 Å². The van der Waals surface area contributed by atoms with Gasteiger partial charge < -0.3 is 5.32 Å². The molecule has 5 heteroatoms. The molecule has 2 rings (SSSR count). The van der Waals surface area contributed by atoms with Crippen LogP contribution in [0.3, 0.4) is 0 Å². The van der Waals surface area contributed by atoms with E-state index in [1.165, 1.54) is 0 Å². The number of hydrogen-bond acceptors (Lipinski definition) is 3. The van der Waals surface area contributed by atoms with Crippen LogP contribution in [0.2, 0.25) is 0 Å². The second-order valence-electron chi connectivity index (χ2n) is 5.61. The van der Waals surface area contributed by atoms with Gasteiger partial charge in [0.05, 0.1) is 22.6 Å². The summed E-state index contributed by atoms with van der Waals surface area (Å²) in [7, 11) is 0. The number of carbonyl (C=O) groups is 2. The minimum Gasteiger partial charge on any atom is -0.346 e. The molecule has 1 amide bonds. The number of nitrogens with zero attached hydrogens (tertiary/aromatic N) is 2. The highest BCUT2D eigenvalue weighted by Gasteiger charge is 2.26. The van der Waals surface area contributed by atoms with Crippen LogP contribution in [-0.4, -0.2) is 27.5 Å².